The molecular weight excluding hydrogens is 292 g/mol. The number of aryl methyl sites for hydroxylation is 1. The summed E-state index contributed by atoms with van der Waals surface area (Å²) in [6.07, 6.45) is 5.02. The number of thiazole rings is 1. The molecule has 0 radical (unpaired) electrons. The predicted molar refractivity (Wildman–Crippen MR) is 90.8 cm³/mol. The van der Waals surface area contributed by atoms with E-state index in [9.17, 15) is 0 Å². The van der Waals surface area contributed by atoms with Gasteiger partial charge in [0.05, 0.1) is 18.4 Å². The van der Waals surface area contributed by atoms with Crippen LogP contribution in [0.3, 0.4) is 0 Å². The highest BCUT2D eigenvalue weighted by Gasteiger charge is 2.07. The van der Waals surface area contributed by atoms with Crippen LogP contribution in [-0.4, -0.2) is 33.3 Å². The zero-order valence-electron chi connectivity index (χ0n) is 12.9. The largest absolute Gasteiger partial charge is 0.299 e. The van der Waals surface area contributed by atoms with Gasteiger partial charge >= 0.3 is 0 Å². The molecular formula is C17H20N4S. The molecule has 114 valence electrons. The van der Waals surface area contributed by atoms with Gasteiger partial charge in [0, 0.05) is 30.7 Å². The fraction of sp³-hybridized carbons (Fsp3) is 0.294. The molecule has 2 aromatic heterocycles. The van der Waals surface area contributed by atoms with Gasteiger partial charge in [-0.05, 0) is 19.0 Å². The first-order chi connectivity index (χ1) is 10.7. The maximum absolute atomic E-state index is 4.74. The first-order valence-electron chi connectivity index (χ1n) is 7.36. The lowest BCUT2D eigenvalue weighted by Crippen LogP contribution is -2.20. The summed E-state index contributed by atoms with van der Waals surface area (Å²) < 4.78 is 1.85. The van der Waals surface area contributed by atoms with Gasteiger partial charge in [-0.25, -0.2) is 4.98 Å². The van der Waals surface area contributed by atoms with E-state index >= 15 is 0 Å². The van der Waals surface area contributed by atoms with Crippen molar-refractivity contribution in [2.24, 2.45) is 7.05 Å². The van der Waals surface area contributed by atoms with E-state index in [-0.39, 0.29) is 0 Å². The number of nitrogens with zero attached hydrogens (tertiary/aromatic N) is 4. The van der Waals surface area contributed by atoms with Crippen LogP contribution in [-0.2, 0) is 20.0 Å². The number of rotatable bonds is 6. The first kappa shape index (κ1) is 14.9. The highest BCUT2D eigenvalue weighted by Crippen LogP contribution is 2.22. The molecule has 0 fully saturated rings. The third-order valence-electron chi connectivity index (χ3n) is 3.57. The van der Waals surface area contributed by atoms with E-state index in [1.165, 1.54) is 11.1 Å². The molecule has 5 heteroatoms. The van der Waals surface area contributed by atoms with Crippen molar-refractivity contribution in [1.29, 1.82) is 0 Å². The van der Waals surface area contributed by atoms with Crippen LogP contribution in [0.5, 0.6) is 0 Å². The van der Waals surface area contributed by atoms with Crippen molar-refractivity contribution in [3.63, 3.8) is 0 Å². The lowest BCUT2D eigenvalue weighted by atomic mass is 10.2. The maximum Gasteiger partial charge on any atom is 0.107 e. The summed E-state index contributed by atoms with van der Waals surface area (Å²) in [5, 5.41) is 7.50. The smallest absolute Gasteiger partial charge is 0.107 e. The predicted octanol–water partition coefficient (Wildman–Crippen LogP) is 3.22. The lowest BCUT2D eigenvalue weighted by Gasteiger charge is -2.14. The Hall–Kier alpha value is -1.98. The summed E-state index contributed by atoms with van der Waals surface area (Å²) in [6.45, 7) is 1.89. The van der Waals surface area contributed by atoms with Gasteiger partial charge in [-0.15, -0.1) is 11.3 Å². The van der Waals surface area contributed by atoms with Crippen molar-refractivity contribution >= 4 is 11.3 Å². The van der Waals surface area contributed by atoms with E-state index in [0.717, 1.165) is 30.2 Å². The Labute approximate surface area is 135 Å². The van der Waals surface area contributed by atoms with Crippen LogP contribution in [0, 0.1) is 0 Å². The Balaban J connectivity index is 1.55. The molecule has 0 atom stereocenters. The molecule has 3 aromatic rings. The Morgan fingerprint density at radius 1 is 1.23 bits per heavy atom. The van der Waals surface area contributed by atoms with Gasteiger partial charge in [-0.3, -0.25) is 9.58 Å². The van der Waals surface area contributed by atoms with E-state index in [4.69, 9.17) is 4.98 Å². The van der Waals surface area contributed by atoms with E-state index in [1.54, 1.807) is 11.3 Å². The Bertz CT molecular complexity index is 717. The standard InChI is InChI=1S/C17H20N4S/c1-20(9-8-14-10-18-21(2)11-14)12-17-19-16(13-22-17)15-6-4-3-5-7-15/h3-7,10-11,13H,8-9,12H2,1-2H3. The highest BCUT2D eigenvalue weighted by atomic mass is 32.1. The van der Waals surface area contributed by atoms with Crippen LogP contribution in [0.1, 0.15) is 10.6 Å². The Morgan fingerprint density at radius 2 is 2.05 bits per heavy atom. The number of likely N-dealkylation sites (N-methyl/N-ethyl adjacent to an activating group) is 1. The zero-order valence-corrected chi connectivity index (χ0v) is 13.8. The van der Waals surface area contributed by atoms with Crippen LogP contribution >= 0.6 is 11.3 Å². The quantitative estimate of drug-likeness (QED) is 0.701. The highest BCUT2D eigenvalue weighted by molar-refractivity contribution is 7.09. The van der Waals surface area contributed by atoms with E-state index < -0.39 is 0 Å². The van der Waals surface area contributed by atoms with Crippen LogP contribution in [0.25, 0.3) is 11.3 Å². The average Bonchev–Trinajstić information content (AvgIpc) is 3.15. The third kappa shape index (κ3) is 3.81. The van der Waals surface area contributed by atoms with Crippen LogP contribution in [0.15, 0.2) is 48.1 Å². The topological polar surface area (TPSA) is 34.0 Å². The van der Waals surface area contributed by atoms with E-state index in [0.29, 0.717) is 0 Å². The molecule has 4 nitrogen and oxygen atoms in total. The molecule has 0 saturated heterocycles. The second kappa shape index (κ2) is 6.85. The minimum atomic E-state index is 0.887. The molecule has 3 rings (SSSR count). The monoisotopic (exact) mass is 312 g/mol. The van der Waals surface area contributed by atoms with E-state index in [1.807, 2.05) is 36.1 Å². The molecule has 0 aliphatic heterocycles. The van der Waals surface area contributed by atoms with Crippen molar-refractivity contribution in [1.82, 2.24) is 19.7 Å². The fourth-order valence-electron chi connectivity index (χ4n) is 2.36. The third-order valence-corrected chi connectivity index (χ3v) is 4.40. The van der Waals surface area contributed by atoms with Crippen LogP contribution < -0.4 is 0 Å². The second-order valence-electron chi connectivity index (χ2n) is 5.50. The van der Waals surface area contributed by atoms with Crippen LogP contribution in [0.4, 0.5) is 0 Å². The molecule has 0 spiro atoms. The van der Waals surface area contributed by atoms with Crippen molar-refractivity contribution < 1.29 is 0 Å². The molecule has 0 unspecified atom stereocenters. The first-order valence-corrected chi connectivity index (χ1v) is 8.24. The molecule has 2 heterocycles. The SMILES string of the molecule is CN(CCc1cnn(C)c1)Cc1nc(-c2ccccc2)cs1. The minimum absolute atomic E-state index is 0.887. The second-order valence-corrected chi connectivity index (χ2v) is 6.45. The van der Waals surface area contributed by atoms with Crippen molar-refractivity contribution in [2.45, 2.75) is 13.0 Å². The Kier molecular flexibility index (Phi) is 4.65. The number of benzene rings is 1. The summed E-state index contributed by atoms with van der Waals surface area (Å²) in [5.74, 6) is 0. The molecule has 0 saturated carbocycles. The van der Waals surface area contributed by atoms with Gasteiger partial charge in [0.2, 0.25) is 0 Å². The van der Waals surface area contributed by atoms with Gasteiger partial charge in [0.25, 0.3) is 0 Å². The molecule has 0 bridgehead atoms. The van der Waals surface area contributed by atoms with Crippen LogP contribution in [0.2, 0.25) is 0 Å². The minimum Gasteiger partial charge on any atom is -0.299 e. The Morgan fingerprint density at radius 3 is 2.77 bits per heavy atom. The van der Waals surface area contributed by atoms with Gasteiger partial charge < -0.3 is 0 Å². The molecule has 0 aliphatic carbocycles. The maximum atomic E-state index is 4.74. The molecule has 0 N–H and O–H groups in total. The summed E-state index contributed by atoms with van der Waals surface area (Å²) in [4.78, 5) is 7.05. The molecule has 1 aromatic carbocycles. The van der Waals surface area contributed by atoms with Gasteiger partial charge in [-0.2, -0.15) is 5.10 Å². The zero-order chi connectivity index (χ0) is 15.4. The molecule has 0 amide bonds. The van der Waals surface area contributed by atoms with Crippen molar-refractivity contribution in [2.75, 3.05) is 13.6 Å². The van der Waals surface area contributed by atoms with Gasteiger partial charge in [0.15, 0.2) is 0 Å². The summed E-state index contributed by atoms with van der Waals surface area (Å²) in [5.41, 5.74) is 3.53. The summed E-state index contributed by atoms with van der Waals surface area (Å²) >= 11 is 1.73. The normalized spacial score (nSPS) is 11.2. The van der Waals surface area contributed by atoms with Crippen molar-refractivity contribution in [3.05, 3.63) is 58.7 Å². The number of hydrogen-bond donors (Lipinski definition) is 0. The number of aromatic nitrogens is 3. The van der Waals surface area contributed by atoms with Crippen molar-refractivity contribution in [3.8, 4) is 11.3 Å². The average molecular weight is 312 g/mol. The summed E-state index contributed by atoms with van der Waals surface area (Å²) in [6, 6.07) is 10.3. The number of hydrogen-bond acceptors (Lipinski definition) is 4. The lowest BCUT2D eigenvalue weighted by molar-refractivity contribution is 0.330. The van der Waals surface area contributed by atoms with Gasteiger partial charge in [-0.1, -0.05) is 30.3 Å². The van der Waals surface area contributed by atoms with E-state index in [2.05, 4.69) is 40.8 Å². The molecule has 22 heavy (non-hydrogen) atoms. The summed E-state index contributed by atoms with van der Waals surface area (Å²) in [7, 11) is 4.09. The molecule has 0 aliphatic rings. The van der Waals surface area contributed by atoms with Gasteiger partial charge in [0.1, 0.15) is 5.01 Å². The fourth-order valence-corrected chi connectivity index (χ4v) is 3.24.